The van der Waals surface area contributed by atoms with E-state index in [0.29, 0.717) is 19.0 Å². The van der Waals surface area contributed by atoms with Crippen LogP contribution in [0.5, 0.6) is 5.88 Å². The fourth-order valence-electron chi connectivity index (χ4n) is 1.98. The minimum Gasteiger partial charge on any atom is -0.481 e. The molecule has 1 aliphatic heterocycles. The van der Waals surface area contributed by atoms with Crippen LogP contribution in [-0.2, 0) is 4.74 Å². The molecule has 94 valence electrons. The molecule has 0 amide bonds. The Morgan fingerprint density at radius 3 is 3.18 bits per heavy atom. The average Bonchev–Trinajstić information content (AvgIpc) is 2.39. The van der Waals surface area contributed by atoms with Gasteiger partial charge in [-0.15, -0.1) is 0 Å². The monoisotopic (exact) mass is 238 g/mol. The van der Waals surface area contributed by atoms with Gasteiger partial charge in [0.25, 0.3) is 0 Å². The van der Waals surface area contributed by atoms with Crippen LogP contribution in [0.1, 0.15) is 6.92 Å². The zero-order valence-corrected chi connectivity index (χ0v) is 10.2. The maximum absolute atomic E-state index is 9.15. The molecule has 0 radical (unpaired) electrons. The van der Waals surface area contributed by atoms with E-state index in [0.717, 1.165) is 5.69 Å². The molecule has 5 heteroatoms. The van der Waals surface area contributed by atoms with Gasteiger partial charge in [-0.2, -0.15) is 0 Å². The van der Waals surface area contributed by atoms with E-state index in [1.54, 1.807) is 13.3 Å². The van der Waals surface area contributed by atoms with E-state index in [-0.39, 0.29) is 18.8 Å². The van der Waals surface area contributed by atoms with Crippen LogP contribution in [-0.4, -0.2) is 49.1 Å². The summed E-state index contributed by atoms with van der Waals surface area (Å²) >= 11 is 0. The van der Waals surface area contributed by atoms with Gasteiger partial charge in [-0.3, -0.25) is 0 Å². The second-order valence-electron chi connectivity index (χ2n) is 4.20. The second kappa shape index (κ2) is 5.33. The first-order chi connectivity index (χ1) is 8.24. The third kappa shape index (κ3) is 2.68. The number of rotatable bonds is 3. The molecule has 17 heavy (non-hydrogen) atoms. The number of hydrogen-bond donors (Lipinski definition) is 1. The maximum Gasteiger partial charge on any atom is 0.214 e. The molecule has 2 rings (SSSR count). The molecule has 1 saturated heterocycles. The number of nitrogens with zero attached hydrogens (tertiary/aromatic N) is 2. The van der Waals surface area contributed by atoms with Crippen LogP contribution in [0, 0.1) is 0 Å². The zero-order valence-electron chi connectivity index (χ0n) is 10.2. The van der Waals surface area contributed by atoms with E-state index in [9.17, 15) is 0 Å². The van der Waals surface area contributed by atoms with Crippen molar-refractivity contribution < 1.29 is 14.6 Å². The molecule has 1 N–H and O–H groups in total. The highest BCUT2D eigenvalue weighted by Crippen LogP contribution is 2.23. The second-order valence-corrected chi connectivity index (χ2v) is 4.20. The smallest absolute Gasteiger partial charge is 0.214 e. The van der Waals surface area contributed by atoms with Crippen molar-refractivity contribution in [2.45, 2.75) is 19.1 Å². The lowest BCUT2D eigenvalue weighted by atomic mass is 10.1. The van der Waals surface area contributed by atoms with Gasteiger partial charge in [0.1, 0.15) is 0 Å². The van der Waals surface area contributed by atoms with Gasteiger partial charge in [0.05, 0.1) is 26.4 Å². The fraction of sp³-hybridized carbons (Fsp3) is 0.583. The van der Waals surface area contributed by atoms with E-state index in [1.165, 1.54) is 0 Å². The molecule has 1 aromatic heterocycles. The summed E-state index contributed by atoms with van der Waals surface area (Å²) in [4.78, 5) is 6.29. The van der Waals surface area contributed by atoms with Gasteiger partial charge >= 0.3 is 0 Å². The highest BCUT2D eigenvalue weighted by Gasteiger charge is 2.26. The van der Waals surface area contributed by atoms with Gasteiger partial charge in [0.2, 0.25) is 5.88 Å². The number of pyridine rings is 1. The molecule has 2 unspecified atom stereocenters. The Balaban J connectivity index is 2.18. The SMILES string of the molecule is COc1cc(N2CC(CO)OCC2C)ccn1. The van der Waals surface area contributed by atoms with Gasteiger partial charge in [-0.1, -0.05) is 0 Å². The molecule has 2 heterocycles. The van der Waals surface area contributed by atoms with Crippen molar-refractivity contribution >= 4 is 5.69 Å². The van der Waals surface area contributed by atoms with Crippen LogP contribution in [0.25, 0.3) is 0 Å². The van der Waals surface area contributed by atoms with Crippen LogP contribution in [0.2, 0.25) is 0 Å². The Kier molecular flexibility index (Phi) is 3.81. The Hall–Kier alpha value is -1.33. The predicted octanol–water partition coefficient (Wildman–Crippen LogP) is 0.676. The molecule has 2 atom stereocenters. The molecular weight excluding hydrogens is 220 g/mol. The number of aliphatic hydroxyl groups is 1. The summed E-state index contributed by atoms with van der Waals surface area (Å²) in [6, 6.07) is 4.12. The van der Waals surface area contributed by atoms with Crippen molar-refractivity contribution in [3.8, 4) is 5.88 Å². The molecule has 1 aliphatic rings. The molecule has 0 bridgehead atoms. The van der Waals surface area contributed by atoms with Crippen LogP contribution < -0.4 is 9.64 Å². The van der Waals surface area contributed by atoms with E-state index < -0.39 is 0 Å². The predicted molar refractivity (Wildman–Crippen MR) is 64.4 cm³/mol. The molecule has 0 aliphatic carbocycles. The Bertz CT molecular complexity index is 373. The number of morpholine rings is 1. The topological polar surface area (TPSA) is 54.8 Å². The zero-order chi connectivity index (χ0) is 12.3. The quantitative estimate of drug-likeness (QED) is 0.839. The number of aliphatic hydroxyl groups excluding tert-OH is 1. The highest BCUT2D eigenvalue weighted by molar-refractivity contribution is 5.49. The molecule has 0 aromatic carbocycles. The van der Waals surface area contributed by atoms with Crippen molar-refractivity contribution in [1.29, 1.82) is 0 Å². The maximum atomic E-state index is 9.15. The van der Waals surface area contributed by atoms with Crippen LogP contribution in [0.3, 0.4) is 0 Å². The summed E-state index contributed by atoms with van der Waals surface area (Å²) in [6.45, 7) is 3.45. The number of anilines is 1. The number of aromatic nitrogens is 1. The lowest BCUT2D eigenvalue weighted by Gasteiger charge is -2.39. The molecule has 0 saturated carbocycles. The van der Waals surface area contributed by atoms with Crippen molar-refractivity contribution in [3.63, 3.8) is 0 Å². The highest BCUT2D eigenvalue weighted by atomic mass is 16.5. The number of ether oxygens (including phenoxy) is 2. The molecule has 1 fully saturated rings. The summed E-state index contributed by atoms with van der Waals surface area (Å²) < 4.78 is 10.6. The Morgan fingerprint density at radius 1 is 1.65 bits per heavy atom. The summed E-state index contributed by atoms with van der Waals surface area (Å²) in [5.74, 6) is 0.599. The lowest BCUT2D eigenvalue weighted by molar-refractivity contribution is -0.0103. The minimum absolute atomic E-state index is 0.0471. The Morgan fingerprint density at radius 2 is 2.47 bits per heavy atom. The van der Waals surface area contributed by atoms with E-state index in [2.05, 4.69) is 16.8 Å². The third-order valence-corrected chi connectivity index (χ3v) is 2.97. The van der Waals surface area contributed by atoms with Crippen molar-refractivity contribution in [1.82, 2.24) is 4.98 Å². The van der Waals surface area contributed by atoms with Gasteiger partial charge in [0, 0.05) is 30.5 Å². The van der Waals surface area contributed by atoms with Crippen LogP contribution in [0.4, 0.5) is 5.69 Å². The first-order valence-electron chi connectivity index (χ1n) is 5.73. The standard InChI is InChI=1S/C12H18N2O3/c1-9-8-17-11(7-15)6-14(9)10-3-4-13-12(5-10)16-2/h3-5,9,11,15H,6-8H2,1-2H3. The van der Waals surface area contributed by atoms with Crippen LogP contribution in [0.15, 0.2) is 18.3 Å². The Labute approximate surface area is 101 Å². The third-order valence-electron chi connectivity index (χ3n) is 2.97. The van der Waals surface area contributed by atoms with Crippen LogP contribution >= 0.6 is 0 Å². The largest absolute Gasteiger partial charge is 0.481 e. The normalized spacial score (nSPS) is 24.8. The van der Waals surface area contributed by atoms with Gasteiger partial charge < -0.3 is 19.5 Å². The van der Waals surface area contributed by atoms with E-state index in [4.69, 9.17) is 14.6 Å². The molecule has 0 spiro atoms. The van der Waals surface area contributed by atoms with Gasteiger partial charge in [-0.05, 0) is 13.0 Å². The van der Waals surface area contributed by atoms with E-state index >= 15 is 0 Å². The first kappa shape index (κ1) is 12.1. The summed E-state index contributed by atoms with van der Waals surface area (Å²) in [6.07, 6.45) is 1.61. The number of methoxy groups -OCH3 is 1. The summed E-state index contributed by atoms with van der Waals surface area (Å²) in [7, 11) is 1.60. The van der Waals surface area contributed by atoms with Crippen molar-refractivity contribution in [2.75, 3.05) is 31.8 Å². The fourth-order valence-corrected chi connectivity index (χ4v) is 1.98. The van der Waals surface area contributed by atoms with E-state index in [1.807, 2.05) is 12.1 Å². The van der Waals surface area contributed by atoms with Gasteiger partial charge in [0.15, 0.2) is 0 Å². The van der Waals surface area contributed by atoms with Gasteiger partial charge in [-0.25, -0.2) is 4.98 Å². The van der Waals surface area contributed by atoms with Crippen molar-refractivity contribution in [3.05, 3.63) is 18.3 Å². The first-order valence-corrected chi connectivity index (χ1v) is 5.73. The minimum atomic E-state index is -0.120. The summed E-state index contributed by atoms with van der Waals surface area (Å²) in [5.41, 5.74) is 1.05. The summed E-state index contributed by atoms with van der Waals surface area (Å²) in [5, 5.41) is 9.15. The number of hydrogen-bond acceptors (Lipinski definition) is 5. The average molecular weight is 238 g/mol. The van der Waals surface area contributed by atoms with Crippen molar-refractivity contribution in [2.24, 2.45) is 0 Å². The molecular formula is C12H18N2O3. The lowest BCUT2D eigenvalue weighted by Crippen LogP contribution is -2.49. The molecule has 5 nitrogen and oxygen atoms in total. The molecule has 1 aromatic rings.